The van der Waals surface area contributed by atoms with Gasteiger partial charge in [0, 0.05) is 0 Å². The molecule has 0 radical (unpaired) electrons. The van der Waals surface area contributed by atoms with Crippen molar-refractivity contribution in [3.8, 4) is 11.1 Å². The van der Waals surface area contributed by atoms with E-state index in [4.69, 9.17) is 4.74 Å². The molecular weight excluding hydrogens is 302 g/mol. The van der Waals surface area contributed by atoms with Crippen LogP contribution in [0.15, 0.2) is 54.6 Å². The minimum absolute atomic E-state index is 0.177. The van der Waals surface area contributed by atoms with Crippen molar-refractivity contribution < 1.29 is 14.6 Å². The topological polar surface area (TPSA) is 58.6 Å². The zero-order valence-electron chi connectivity index (χ0n) is 14.4. The SMILES string of the molecule is CC(C)(C)OC(CO)C(NC=O)c1ccc(-c2ccccc2)cc1. The molecule has 0 aliphatic heterocycles. The summed E-state index contributed by atoms with van der Waals surface area (Å²) in [4.78, 5) is 11.0. The maximum Gasteiger partial charge on any atom is 0.207 e. The standard InChI is InChI=1S/C20H25NO3/c1-20(2,3)24-18(13-22)19(21-14-23)17-11-9-16(10-12-17)15-7-5-4-6-8-15/h4-12,14,18-19,22H,13H2,1-3H3,(H,21,23). The molecule has 0 heterocycles. The molecule has 0 aliphatic carbocycles. The number of hydrogen-bond acceptors (Lipinski definition) is 3. The van der Waals surface area contributed by atoms with Gasteiger partial charge in [-0.05, 0) is 37.5 Å². The Hall–Kier alpha value is -2.17. The summed E-state index contributed by atoms with van der Waals surface area (Å²) < 4.78 is 5.90. The number of carbonyl (C=O) groups is 1. The number of benzene rings is 2. The highest BCUT2D eigenvalue weighted by Crippen LogP contribution is 2.26. The Morgan fingerprint density at radius 3 is 2.12 bits per heavy atom. The molecule has 2 rings (SSSR count). The van der Waals surface area contributed by atoms with Crippen molar-refractivity contribution in [3.05, 3.63) is 60.2 Å². The van der Waals surface area contributed by atoms with Gasteiger partial charge >= 0.3 is 0 Å². The third-order valence-corrected chi connectivity index (χ3v) is 3.68. The first-order chi connectivity index (χ1) is 11.4. The summed E-state index contributed by atoms with van der Waals surface area (Å²) in [7, 11) is 0. The van der Waals surface area contributed by atoms with Crippen LogP contribution in [0.1, 0.15) is 32.4 Å². The third kappa shape index (κ3) is 4.91. The monoisotopic (exact) mass is 327 g/mol. The maximum atomic E-state index is 11.0. The molecule has 0 spiro atoms. The molecule has 0 aromatic heterocycles. The smallest absolute Gasteiger partial charge is 0.207 e. The van der Waals surface area contributed by atoms with Crippen molar-refractivity contribution in [2.75, 3.05) is 6.61 Å². The number of amides is 1. The summed E-state index contributed by atoms with van der Waals surface area (Å²) in [5.74, 6) is 0. The summed E-state index contributed by atoms with van der Waals surface area (Å²) in [6.07, 6.45) is 0.127. The van der Waals surface area contributed by atoms with E-state index in [0.29, 0.717) is 6.41 Å². The number of ether oxygens (including phenoxy) is 1. The van der Waals surface area contributed by atoms with Crippen molar-refractivity contribution in [2.45, 2.75) is 38.5 Å². The fourth-order valence-electron chi connectivity index (χ4n) is 2.67. The van der Waals surface area contributed by atoms with Gasteiger partial charge < -0.3 is 15.2 Å². The molecule has 2 unspecified atom stereocenters. The van der Waals surface area contributed by atoms with Crippen LogP contribution in [0.2, 0.25) is 0 Å². The van der Waals surface area contributed by atoms with Crippen LogP contribution in [-0.2, 0) is 9.53 Å². The zero-order chi connectivity index (χ0) is 17.6. The Morgan fingerprint density at radius 2 is 1.62 bits per heavy atom. The lowest BCUT2D eigenvalue weighted by Crippen LogP contribution is -2.40. The van der Waals surface area contributed by atoms with Crippen molar-refractivity contribution >= 4 is 6.41 Å². The molecule has 1 amide bonds. The van der Waals surface area contributed by atoms with E-state index in [1.165, 1.54) is 0 Å². The molecular formula is C20H25NO3. The van der Waals surface area contributed by atoms with Crippen LogP contribution in [0.5, 0.6) is 0 Å². The van der Waals surface area contributed by atoms with Gasteiger partial charge in [-0.2, -0.15) is 0 Å². The van der Waals surface area contributed by atoms with E-state index in [1.807, 2.05) is 63.2 Å². The van der Waals surface area contributed by atoms with Gasteiger partial charge in [0.25, 0.3) is 0 Å². The molecule has 2 atom stereocenters. The number of carbonyl (C=O) groups excluding carboxylic acids is 1. The molecule has 2 aromatic rings. The Labute approximate surface area is 143 Å². The number of hydrogen-bond donors (Lipinski definition) is 2. The number of nitrogens with one attached hydrogen (secondary N) is 1. The molecule has 0 bridgehead atoms. The lowest BCUT2D eigenvalue weighted by Gasteiger charge is -2.32. The van der Waals surface area contributed by atoms with Gasteiger partial charge in [0.05, 0.1) is 18.2 Å². The molecule has 128 valence electrons. The van der Waals surface area contributed by atoms with E-state index in [0.717, 1.165) is 16.7 Å². The summed E-state index contributed by atoms with van der Waals surface area (Å²) in [6, 6.07) is 17.6. The summed E-state index contributed by atoms with van der Waals surface area (Å²) in [5.41, 5.74) is 2.71. The van der Waals surface area contributed by atoms with Gasteiger partial charge in [-0.25, -0.2) is 0 Å². The molecule has 2 aromatic carbocycles. The van der Waals surface area contributed by atoms with Crippen molar-refractivity contribution in [1.29, 1.82) is 0 Å². The Morgan fingerprint density at radius 1 is 1.04 bits per heavy atom. The quantitative estimate of drug-likeness (QED) is 0.767. The van der Waals surface area contributed by atoms with Crippen molar-refractivity contribution in [1.82, 2.24) is 5.32 Å². The second-order valence-corrected chi connectivity index (χ2v) is 6.70. The van der Waals surface area contributed by atoms with Gasteiger partial charge in [0.15, 0.2) is 0 Å². The third-order valence-electron chi connectivity index (χ3n) is 3.68. The van der Waals surface area contributed by atoms with Crippen molar-refractivity contribution in [2.24, 2.45) is 0 Å². The highest BCUT2D eigenvalue weighted by Gasteiger charge is 2.27. The normalized spacial score (nSPS) is 14.0. The van der Waals surface area contributed by atoms with Crippen molar-refractivity contribution in [3.63, 3.8) is 0 Å². The first-order valence-electron chi connectivity index (χ1n) is 8.08. The van der Waals surface area contributed by atoms with Gasteiger partial charge in [0.2, 0.25) is 6.41 Å². The molecule has 0 aliphatic rings. The fraction of sp³-hybridized carbons (Fsp3) is 0.350. The maximum absolute atomic E-state index is 11.0. The van der Waals surface area contributed by atoms with Gasteiger partial charge in [-0.15, -0.1) is 0 Å². The molecule has 2 N–H and O–H groups in total. The largest absolute Gasteiger partial charge is 0.394 e. The van der Waals surface area contributed by atoms with E-state index in [2.05, 4.69) is 17.4 Å². The highest BCUT2D eigenvalue weighted by molar-refractivity contribution is 5.63. The van der Waals surface area contributed by atoms with E-state index >= 15 is 0 Å². The van der Waals surface area contributed by atoms with E-state index in [9.17, 15) is 9.90 Å². The Kier molecular flexibility index (Phi) is 6.12. The van der Waals surface area contributed by atoms with E-state index in [1.54, 1.807) is 0 Å². The predicted molar refractivity (Wildman–Crippen MR) is 95.5 cm³/mol. The van der Waals surface area contributed by atoms with Gasteiger partial charge in [-0.3, -0.25) is 4.79 Å². The molecule has 4 nitrogen and oxygen atoms in total. The lowest BCUT2D eigenvalue weighted by molar-refractivity contribution is -0.117. The number of aliphatic hydroxyl groups is 1. The summed E-state index contributed by atoms with van der Waals surface area (Å²) >= 11 is 0. The minimum atomic E-state index is -0.516. The van der Waals surface area contributed by atoms with Gasteiger partial charge in [-0.1, -0.05) is 54.6 Å². The fourth-order valence-corrected chi connectivity index (χ4v) is 2.67. The van der Waals surface area contributed by atoms with Crippen LogP contribution in [0, 0.1) is 0 Å². The Balaban J connectivity index is 2.25. The minimum Gasteiger partial charge on any atom is -0.394 e. The van der Waals surface area contributed by atoms with E-state index < -0.39 is 17.7 Å². The first-order valence-corrected chi connectivity index (χ1v) is 8.08. The summed E-state index contributed by atoms with van der Waals surface area (Å²) in [6.45, 7) is 5.59. The van der Waals surface area contributed by atoms with Crippen LogP contribution >= 0.6 is 0 Å². The Bertz CT molecular complexity index is 632. The van der Waals surface area contributed by atoms with Crippen LogP contribution in [0.25, 0.3) is 11.1 Å². The summed E-state index contributed by atoms with van der Waals surface area (Å²) in [5, 5.41) is 12.5. The van der Waals surface area contributed by atoms with Crippen LogP contribution in [-0.4, -0.2) is 29.8 Å². The lowest BCUT2D eigenvalue weighted by atomic mass is 9.97. The molecule has 0 saturated carbocycles. The first kappa shape index (κ1) is 18.2. The van der Waals surface area contributed by atoms with Crippen LogP contribution in [0.4, 0.5) is 0 Å². The predicted octanol–water partition coefficient (Wildman–Crippen LogP) is 3.32. The van der Waals surface area contributed by atoms with Crippen LogP contribution in [0.3, 0.4) is 0 Å². The second-order valence-electron chi connectivity index (χ2n) is 6.70. The van der Waals surface area contributed by atoms with Gasteiger partial charge in [0.1, 0.15) is 6.10 Å². The van der Waals surface area contributed by atoms with E-state index in [-0.39, 0.29) is 6.61 Å². The molecule has 0 saturated heterocycles. The zero-order valence-corrected chi connectivity index (χ0v) is 14.4. The van der Waals surface area contributed by atoms with Crippen LogP contribution < -0.4 is 5.32 Å². The average molecular weight is 327 g/mol. The molecule has 4 heteroatoms. The molecule has 0 fully saturated rings. The number of aliphatic hydroxyl groups excluding tert-OH is 1. The second kappa shape index (κ2) is 8.08. The number of rotatable bonds is 7. The molecule has 24 heavy (non-hydrogen) atoms. The highest BCUT2D eigenvalue weighted by atomic mass is 16.5. The average Bonchev–Trinajstić information content (AvgIpc) is 2.58.